The molecule has 0 saturated heterocycles. The van der Waals surface area contributed by atoms with E-state index in [4.69, 9.17) is 0 Å². The Morgan fingerprint density at radius 3 is 2.26 bits per heavy atom. The van der Waals surface area contributed by atoms with Crippen LogP contribution in [-0.4, -0.2) is 11.4 Å². The van der Waals surface area contributed by atoms with Crippen LogP contribution in [-0.2, 0) is 6.42 Å². The summed E-state index contributed by atoms with van der Waals surface area (Å²) in [5.41, 5.74) is 4.94. The Morgan fingerprint density at radius 2 is 1.68 bits per heavy atom. The zero-order chi connectivity index (χ0) is 14.1. The number of aryl methyl sites for hydroxylation is 2. The molecule has 0 aliphatic heterocycles. The Balaban J connectivity index is 2.59. The molecule has 104 valence electrons. The van der Waals surface area contributed by atoms with E-state index in [1.807, 2.05) is 13.8 Å². The van der Waals surface area contributed by atoms with E-state index < -0.39 is 0 Å². The topological polar surface area (TPSA) is 24.7 Å². The van der Waals surface area contributed by atoms with Crippen LogP contribution in [0.2, 0.25) is 0 Å². The van der Waals surface area contributed by atoms with Gasteiger partial charge in [0.1, 0.15) is 0 Å². The molecule has 0 atom stereocenters. The number of unbranched alkanes of at least 4 members (excludes halogenated alkanes) is 1. The first-order chi connectivity index (χ1) is 9.11. The van der Waals surface area contributed by atoms with Crippen LogP contribution < -0.4 is 0 Å². The molecule has 0 aliphatic carbocycles. The average Bonchev–Trinajstić information content (AvgIpc) is 2.39. The molecule has 0 radical (unpaired) electrons. The van der Waals surface area contributed by atoms with Crippen molar-refractivity contribution in [2.45, 2.75) is 59.8 Å². The van der Waals surface area contributed by atoms with Gasteiger partial charge in [-0.1, -0.05) is 43.2 Å². The summed E-state index contributed by atoms with van der Waals surface area (Å²) in [5.74, 6) is 0. The lowest BCUT2D eigenvalue weighted by atomic mass is 10.0. The normalized spacial score (nSPS) is 11.5. The van der Waals surface area contributed by atoms with Gasteiger partial charge in [-0.3, -0.25) is 0 Å². The lowest BCUT2D eigenvalue weighted by Crippen LogP contribution is -2.01. The molecule has 1 aromatic rings. The van der Waals surface area contributed by atoms with Gasteiger partial charge < -0.3 is 0 Å². The van der Waals surface area contributed by atoms with Crippen LogP contribution in [0.1, 0.15) is 57.6 Å². The van der Waals surface area contributed by atoms with Crippen LogP contribution in [0.4, 0.5) is 0 Å². The van der Waals surface area contributed by atoms with Crippen molar-refractivity contribution in [3.05, 3.63) is 35.4 Å². The van der Waals surface area contributed by atoms with E-state index in [2.05, 4.69) is 48.3 Å². The first-order valence-electron chi connectivity index (χ1n) is 7.24. The van der Waals surface area contributed by atoms with Crippen molar-refractivity contribution in [3.63, 3.8) is 0 Å². The van der Waals surface area contributed by atoms with Crippen molar-refractivity contribution in [1.82, 2.24) is 0 Å². The SMILES string of the molecule is CCCCC(CCc1ccc(C)cc1)=NN=C(C)C. The van der Waals surface area contributed by atoms with Gasteiger partial charge in [-0.15, -0.1) is 0 Å². The van der Waals surface area contributed by atoms with E-state index in [1.54, 1.807) is 0 Å². The van der Waals surface area contributed by atoms with Crippen LogP contribution in [0.5, 0.6) is 0 Å². The minimum absolute atomic E-state index is 1.01. The third kappa shape index (κ3) is 6.90. The van der Waals surface area contributed by atoms with E-state index in [9.17, 15) is 0 Å². The smallest absolute Gasteiger partial charge is 0.0409 e. The summed E-state index contributed by atoms with van der Waals surface area (Å²) in [7, 11) is 0. The summed E-state index contributed by atoms with van der Waals surface area (Å²) in [6, 6.07) is 8.77. The minimum Gasteiger partial charge on any atom is -0.161 e. The van der Waals surface area contributed by atoms with E-state index in [0.29, 0.717) is 0 Å². The summed E-state index contributed by atoms with van der Waals surface area (Å²) in [6.07, 6.45) is 5.55. The number of hydrogen-bond acceptors (Lipinski definition) is 2. The summed E-state index contributed by atoms with van der Waals surface area (Å²) >= 11 is 0. The molecular weight excluding hydrogens is 232 g/mol. The van der Waals surface area contributed by atoms with E-state index in [0.717, 1.165) is 25.0 Å². The summed E-state index contributed by atoms with van der Waals surface area (Å²) in [4.78, 5) is 0. The third-order valence-corrected chi connectivity index (χ3v) is 3.03. The minimum atomic E-state index is 1.01. The molecule has 0 saturated carbocycles. The van der Waals surface area contributed by atoms with E-state index >= 15 is 0 Å². The lowest BCUT2D eigenvalue weighted by Gasteiger charge is -2.05. The lowest BCUT2D eigenvalue weighted by molar-refractivity contribution is 0.815. The quantitative estimate of drug-likeness (QED) is 0.488. The Morgan fingerprint density at radius 1 is 1.00 bits per heavy atom. The second-order valence-electron chi connectivity index (χ2n) is 5.30. The molecule has 0 aromatic heterocycles. The summed E-state index contributed by atoms with van der Waals surface area (Å²) in [5, 5.41) is 8.61. The predicted molar refractivity (Wildman–Crippen MR) is 85.2 cm³/mol. The van der Waals surface area contributed by atoms with Crippen molar-refractivity contribution in [1.29, 1.82) is 0 Å². The van der Waals surface area contributed by atoms with Gasteiger partial charge in [0.15, 0.2) is 0 Å². The van der Waals surface area contributed by atoms with Gasteiger partial charge >= 0.3 is 0 Å². The summed E-state index contributed by atoms with van der Waals surface area (Å²) < 4.78 is 0. The van der Waals surface area contributed by atoms with Crippen molar-refractivity contribution in [2.75, 3.05) is 0 Å². The van der Waals surface area contributed by atoms with Crippen molar-refractivity contribution in [2.24, 2.45) is 10.2 Å². The first-order valence-corrected chi connectivity index (χ1v) is 7.24. The molecule has 0 spiro atoms. The van der Waals surface area contributed by atoms with Gasteiger partial charge in [0.05, 0.1) is 0 Å². The highest BCUT2D eigenvalue weighted by atomic mass is 15.2. The maximum atomic E-state index is 4.40. The molecular formula is C17H26N2. The molecule has 0 amide bonds. The van der Waals surface area contributed by atoms with Gasteiger partial charge in [0, 0.05) is 11.4 Å². The third-order valence-electron chi connectivity index (χ3n) is 3.03. The average molecular weight is 258 g/mol. The van der Waals surface area contributed by atoms with Crippen LogP contribution in [0.15, 0.2) is 34.5 Å². The number of nitrogens with zero attached hydrogens (tertiary/aromatic N) is 2. The fraction of sp³-hybridized carbons (Fsp3) is 0.529. The van der Waals surface area contributed by atoms with Crippen LogP contribution in [0, 0.1) is 6.92 Å². The zero-order valence-electron chi connectivity index (χ0n) is 12.7. The maximum Gasteiger partial charge on any atom is 0.0409 e. The molecule has 1 aromatic carbocycles. The highest BCUT2D eigenvalue weighted by molar-refractivity contribution is 5.86. The molecule has 19 heavy (non-hydrogen) atoms. The Bertz CT molecular complexity index is 423. The highest BCUT2D eigenvalue weighted by Crippen LogP contribution is 2.09. The predicted octanol–water partition coefficient (Wildman–Crippen LogP) is 4.95. The molecule has 0 unspecified atom stereocenters. The highest BCUT2D eigenvalue weighted by Gasteiger charge is 2.01. The Kier molecular flexibility index (Phi) is 7.09. The fourth-order valence-electron chi connectivity index (χ4n) is 1.82. The molecule has 0 heterocycles. The largest absolute Gasteiger partial charge is 0.161 e. The van der Waals surface area contributed by atoms with Crippen LogP contribution in [0.25, 0.3) is 0 Å². The van der Waals surface area contributed by atoms with E-state index in [1.165, 1.54) is 29.7 Å². The van der Waals surface area contributed by atoms with Crippen molar-refractivity contribution >= 4 is 11.4 Å². The standard InChI is InChI=1S/C17H26N2/c1-5-6-7-17(19-18-14(2)3)13-12-16-10-8-15(4)9-11-16/h8-11H,5-7,12-13H2,1-4H3. The van der Waals surface area contributed by atoms with Crippen molar-refractivity contribution in [3.8, 4) is 0 Å². The number of hydrogen-bond donors (Lipinski definition) is 0. The monoisotopic (exact) mass is 258 g/mol. The fourth-order valence-corrected chi connectivity index (χ4v) is 1.82. The van der Waals surface area contributed by atoms with Gasteiger partial charge in [0.25, 0.3) is 0 Å². The second kappa shape index (κ2) is 8.63. The van der Waals surface area contributed by atoms with E-state index in [-0.39, 0.29) is 0 Å². The van der Waals surface area contributed by atoms with Gasteiger partial charge in [-0.2, -0.15) is 10.2 Å². The zero-order valence-corrected chi connectivity index (χ0v) is 12.7. The van der Waals surface area contributed by atoms with Gasteiger partial charge in [0.2, 0.25) is 0 Å². The molecule has 0 aliphatic rings. The molecule has 1 rings (SSSR count). The molecule has 0 N–H and O–H groups in total. The number of rotatable bonds is 7. The molecule has 2 nitrogen and oxygen atoms in total. The summed E-state index contributed by atoms with van der Waals surface area (Å²) in [6.45, 7) is 8.31. The van der Waals surface area contributed by atoms with Gasteiger partial charge in [-0.25, -0.2) is 0 Å². The molecule has 2 heteroatoms. The maximum absolute atomic E-state index is 4.40. The van der Waals surface area contributed by atoms with Crippen LogP contribution in [0.3, 0.4) is 0 Å². The second-order valence-corrected chi connectivity index (χ2v) is 5.30. The van der Waals surface area contributed by atoms with Crippen LogP contribution >= 0.6 is 0 Å². The van der Waals surface area contributed by atoms with Crippen molar-refractivity contribution < 1.29 is 0 Å². The first kappa shape index (κ1) is 15.6. The number of benzene rings is 1. The molecule has 0 bridgehead atoms. The molecule has 0 fully saturated rings. The Labute approximate surface area is 117 Å². The Hall–Kier alpha value is -1.44. The van der Waals surface area contributed by atoms with Gasteiger partial charge in [-0.05, 0) is 52.0 Å².